The van der Waals surface area contributed by atoms with Gasteiger partial charge < -0.3 is 10.2 Å². The van der Waals surface area contributed by atoms with Crippen molar-refractivity contribution in [2.75, 3.05) is 13.1 Å². The lowest BCUT2D eigenvalue weighted by Crippen LogP contribution is -2.43. The minimum atomic E-state index is -0.366. The van der Waals surface area contributed by atoms with Crippen LogP contribution in [0, 0.1) is 11.7 Å². The molecule has 1 atom stereocenters. The number of benzene rings is 2. The first-order chi connectivity index (χ1) is 13.0. The lowest BCUT2D eigenvalue weighted by molar-refractivity contribution is -0.126. The highest BCUT2D eigenvalue weighted by Gasteiger charge is 2.28. The number of nitrogens with one attached hydrogen (secondary N) is 1. The third-order valence-corrected chi connectivity index (χ3v) is 5.32. The number of carbonyl (C=O) groups is 2. The van der Waals surface area contributed by atoms with Crippen molar-refractivity contribution >= 4 is 23.4 Å². The number of hydrogen-bond donors (Lipinski definition) is 1. The topological polar surface area (TPSA) is 49.4 Å². The van der Waals surface area contributed by atoms with Crippen LogP contribution in [-0.4, -0.2) is 29.8 Å². The number of hydrogen-bond acceptors (Lipinski definition) is 2. The number of piperidine rings is 1. The summed E-state index contributed by atoms with van der Waals surface area (Å²) in [5.74, 6) is -0.642. The molecule has 27 heavy (non-hydrogen) atoms. The van der Waals surface area contributed by atoms with Crippen molar-refractivity contribution in [1.29, 1.82) is 0 Å². The van der Waals surface area contributed by atoms with Crippen LogP contribution in [-0.2, 0) is 4.79 Å². The maximum atomic E-state index is 13.0. The first-order valence-corrected chi connectivity index (χ1v) is 9.43. The molecule has 1 saturated heterocycles. The highest BCUT2D eigenvalue weighted by atomic mass is 35.5. The fourth-order valence-electron chi connectivity index (χ4n) is 3.36. The minimum absolute atomic E-state index is 0.0173. The third kappa shape index (κ3) is 4.66. The van der Waals surface area contributed by atoms with E-state index in [1.165, 1.54) is 24.3 Å². The van der Waals surface area contributed by atoms with Crippen LogP contribution in [0.15, 0.2) is 48.5 Å². The number of rotatable bonds is 4. The molecule has 0 spiro atoms. The minimum Gasteiger partial charge on any atom is -0.349 e. The molecule has 0 aliphatic carbocycles. The van der Waals surface area contributed by atoms with E-state index in [1.54, 1.807) is 11.0 Å². The Balaban J connectivity index is 1.54. The number of nitrogens with zero attached hydrogens (tertiary/aromatic N) is 1. The molecule has 1 unspecified atom stereocenters. The Bertz CT molecular complexity index is 817. The Labute approximate surface area is 163 Å². The zero-order chi connectivity index (χ0) is 19.4. The van der Waals surface area contributed by atoms with Gasteiger partial charge in [0.15, 0.2) is 0 Å². The van der Waals surface area contributed by atoms with Crippen molar-refractivity contribution in [1.82, 2.24) is 10.2 Å². The molecule has 3 rings (SSSR count). The zero-order valence-electron chi connectivity index (χ0n) is 15.1. The van der Waals surface area contributed by atoms with Crippen LogP contribution >= 0.6 is 11.6 Å². The lowest BCUT2D eigenvalue weighted by Gasteiger charge is -2.32. The predicted octanol–water partition coefficient (Wildman–Crippen LogP) is 4.21. The second kappa shape index (κ2) is 8.53. The van der Waals surface area contributed by atoms with Crippen molar-refractivity contribution in [2.24, 2.45) is 5.92 Å². The van der Waals surface area contributed by atoms with Gasteiger partial charge in [-0.15, -0.1) is 0 Å². The van der Waals surface area contributed by atoms with Crippen molar-refractivity contribution in [3.05, 3.63) is 70.5 Å². The fourth-order valence-corrected chi connectivity index (χ4v) is 3.65. The van der Waals surface area contributed by atoms with Crippen molar-refractivity contribution < 1.29 is 14.0 Å². The summed E-state index contributed by atoms with van der Waals surface area (Å²) in [4.78, 5) is 26.8. The van der Waals surface area contributed by atoms with E-state index in [2.05, 4.69) is 5.32 Å². The summed E-state index contributed by atoms with van der Waals surface area (Å²) in [6, 6.07) is 12.8. The van der Waals surface area contributed by atoms with Crippen LogP contribution in [0.1, 0.15) is 41.7 Å². The van der Waals surface area contributed by atoms with Gasteiger partial charge in [0.2, 0.25) is 5.91 Å². The molecule has 2 amide bonds. The molecule has 1 fully saturated rings. The van der Waals surface area contributed by atoms with Gasteiger partial charge in [0, 0.05) is 29.6 Å². The van der Waals surface area contributed by atoms with Crippen molar-refractivity contribution in [2.45, 2.75) is 25.8 Å². The van der Waals surface area contributed by atoms with Gasteiger partial charge >= 0.3 is 0 Å². The van der Waals surface area contributed by atoms with Crippen LogP contribution in [0.3, 0.4) is 0 Å². The molecule has 142 valence electrons. The molecule has 6 heteroatoms. The van der Waals surface area contributed by atoms with Crippen LogP contribution in [0.4, 0.5) is 4.39 Å². The normalized spacial score (nSPS) is 16.0. The number of amides is 2. The molecule has 1 N–H and O–H groups in total. The van der Waals surface area contributed by atoms with Crippen LogP contribution in [0.2, 0.25) is 5.02 Å². The number of halogens is 2. The molecule has 1 heterocycles. The van der Waals surface area contributed by atoms with Crippen molar-refractivity contribution in [3.8, 4) is 0 Å². The molecule has 1 aliphatic heterocycles. The first kappa shape index (κ1) is 19.4. The number of likely N-dealkylation sites (tertiary alicyclic amines) is 1. The summed E-state index contributed by atoms with van der Waals surface area (Å²) in [6.45, 7) is 2.93. The van der Waals surface area contributed by atoms with Gasteiger partial charge in [-0.05, 0) is 55.7 Å². The molecule has 4 nitrogen and oxygen atoms in total. The standard InChI is InChI=1S/C21H22ClFN2O2/c1-14(18-4-2-3-5-19(18)22)24-20(26)15-10-12-25(13-11-15)21(27)16-6-8-17(23)9-7-16/h2-9,14-15H,10-13H2,1H3,(H,24,26). The van der Waals surface area contributed by atoms with Gasteiger partial charge in [0.1, 0.15) is 5.82 Å². The smallest absolute Gasteiger partial charge is 0.253 e. The summed E-state index contributed by atoms with van der Waals surface area (Å²) in [6.07, 6.45) is 1.21. The second-order valence-corrected chi connectivity index (χ2v) is 7.23. The zero-order valence-corrected chi connectivity index (χ0v) is 15.9. The largest absolute Gasteiger partial charge is 0.349 e. The van der Waals surface area contributed by atoms with Gasteiger partial charge in [-0.3, -0.25) is 9.59 Å². The second-order valence-electron chi connectivity index (χ2n) is 6.83. The van der Waals surface area contributed by atoms with E-state index in [9.17, 15) is 14.0 Å². The van der Waals surface area contributed by atoms with Gasteiger partial charge in [0.05, 0.1) is 6.04 Å². The van der Waals surface area contributed by atoms with Crippen LogP contribution in [0.25, 0.3) is 0 Å². The summed E-state index contributed by atoms with van der Waals surface area (Å²) in [7, 11) is 0. The van der Waals surface area contributed by atoms with E-state index in [0.717, 1.165) is 5.56 Å². The summed E-state index contributed by atoms with van der Waals surface area (Å²) in [5, 5.41) is 3.65. The third-order valence-electron chi connectivity index (χ3n) is 4.97. The Morgan fingerprint density at radius 3 is 2.37 bits per heavy atom. The van der Waals surface area contributed by atoms with E-state index in [-0.39, 0.29) is 29.6 Å². The molecule has 0 radical (unpaired) electrons. The molecular formula is C21H22ClFN2O2. The molecule has 0 bridgehead atoms. The highest BCUT2D eigenvalue weighted by Crippen LogP contribution is 2.24. The van der Waals surface area contributed by atoms with Gasteiger partial charge in [-0.2, -0.15) is 0 Å². The number of carbonyl (C=O) groups excluding carboxylic acids is 2. The molecule has 0 aromatic heterocycles. The van der Waals surface area contributed by atoms with E-state index < -0.39 is 0 Å². The Hall–Kier alpha value is -2.40. The van der Waals surface area contributed by atoms with Gasteiger partial charge in [0.25, 0.3) is 5.91 Å². The van der Waals surface area contributed by atoms with Gasteiger partial charge in [-0.25, -0.2) is 4.39 Å². The maximum absolute atomic E-state index is 13.0. The Kier molecular flexibility index (Phi) is 6.11. The van der Waals surface area contributed by atoms with Crippen LogP contribution in [0.5, 0.6) is 0 Å². The summed E-state index contributed by atoms with van der Waals surface area (Å²) in [5.41, 5.74) is 1.35. The fraction of sp³-hybridized carbons (Fsp3) is 0.333. The highest BCUT2D eigenvalue weighted by molar-refractivity contribution is 6.31. The Morgan fingerprint density at radius 1 is 1.11 bits per heavy atom. The quantitative estimate of drug-likeness (QED) is 0.853. The molecular weight excluding hydrogens is 367 g/mol. The molecule has 1 aliphatic rings. The SMILES string of the molecule is CC(NC(=O)C1CCN(C(=O)c2ccc(F)cc2)CC1)c1ccccc1Cl. The predicted molar refractivity (Wildman–Crippen MR) is 103 cm³/mol. The van der Waals surface area contributed by atoms with Crippen LogP contribution < -0.4 is 5.32 Å². The van der Waals surface area contributed by atoms with Gasteiger partial charge in [-0.1, -0.05) is 29.8 Å². The maximum Gasteiger partial charge on any atom is 0.253 e. The first-order valence-electron chi connectivity index (χ1n) is 9.05. The average molecular weight is 389 g/mol. The van der Waals surface area contributed by atoms with Crippen molar-refractivity contribution in [3.63, 3.8) is 0 Å². The summed E-state index contributed by atoms with van der Waals surface area (Å²) >= 11 is 6.19. The van der Waals surface area contributed by atoms with E-state index in [1.807, 2.05) is 25.1 Å². The lowest BCUT2D eigenvalue weighted by atomic mass is 9.94. The van der Waals surface area contributed by atoms with E-state index >= 15 is 0 Å². The average Bonchev–Trinajstić information content (AvgIpc) is 2.68. The molecule has 0 saturated carbocycles. The van der Waals surface area contributed by atoms with E-state index in [0.29, 0.717) is 36.5 Å². The van der Waals surface area contributed by atoms with E-state index in [4.69, 9.17) is 11.6 Å². The monoisotopic (exact) mass is 388 g/mol. The molecule has 2 aromatic carbocycles. The molecule has 2 aromatic rings. The Morgan fingerprint density at radius 2 is 1.74 bits per heavy atom. The summed E-state index contributed by atoms with van der Waals surface area (Å²) < 4.78 is 13.0.